The van der Waals surface area contributed by atoms with Crippen LogP contribution < -0.4 is 4.90 Å². The van der Waals surface area contributed by atoms with Gasteiger partial charge in [-0.25, -0.2) is 9.97 Å². The van der Waals surface area contributed by atoms with Gasteiger partial charge in [0, 0.05) is 45.0 Å². The van der Waals surface area contributed by atoms with Crippen molar-refractivity contribution in [3.8, 4) is 0 Å². The predicted octanol–water partition coefficient (Wildman–Crippen LogP) is 2.58. The molecule has 2 saturated heterocycles. The molecule has 27 heavy (non-hydrogen) atoms. The number of hydrogen-bond donors (Lipinski definition) is 0. The van der Waals surface area contributed by atoms with Gasteiger partial charge >= 0.3 is 0 Å². The highest BCUT2D eigenvalue weighted by Crippen LogP contribution is 2.32. The molecule has 0 N–H and O–H groups in total. The maximum Gasteiger partial charge on any atom is 0.132 e. The molecular formula is C21H30N6. The van der Waals surface area contributed by atoms with Crippen molar-refractivity contribution >= 4 is 5.82 Å². The van der Waals surface area contributed by atoms with E-state index in [0.29, 0.717) is 6.04 Å². The van der Waals surface area contributed by atoms with Gasteiger partial charge in [-0.15, -0.1) is 0 Å². The summed E-state index contributed by atoms with van der Waals surface area (Å²) < 4.78 is 0. The number of aryl methyl sites for hydroxylation is 2. The van der Waals surface area contributed by atoms with Crippen LogP contribution in [-0.4, -0.2) is 64.5 Å². The monoisotopic (exact) mass is 366 g/mol. The smallest absolute Gasteiger partial charge is 0.132 e. The van der Waals surface area contributed by atoms with Crippen LogP contribution in [0, 0.1) is 13.8 Å². The van der Waals surface area contributed by atoms with Crippen LogP contribution in [0.1, 0.15) is 41.7 Å². The Morgan fingerprint density at radius 1 is 1.04 bits per heavy atom. The zero-order chi connectivity index (χ0) is 18.8. The van der Waals surface area contributed by atoms with Gasteiger partial charge in [-0.1, -0.05) is 0 Å². The molecule has 6 nitrogen and oxygen atoms in total. The van der Waals surface area contributed by atoms with E-state index in [9.17, 15) is 0 Å². The molecular weight excluding hydrogens is 336 g/mol. The van der Waals surface area contributed by atoms with Crippen LogP contribution in [0.25, 0.3) is 0 Å². The van der Waals surface area contributed by atoms with E-state index in [1.54, 1.807) is 0 Å². The topological polar surface area (TPSA) is 48.4 Å². The van der Waals surface area contributed by atoms with Gasteiger partial charge in [-0.2, -0.15) is 0 Å². The minimum Gasteiger partial charge on any atom is -0.354 e. The molecule has 0 aliphatic carbocycles. The first-order valence-electron chi connectivity index (χ1n) is 10.0. The van der Waals surface area contributed by atoms with Gasteiger partial charge < -0.3 is 9.80 Å². The Hall–Kier alpha value is -2.05. The molecule has 2 aromatic heterocycles. The molecule has 0 bridgehead atoms. The van der Waals surface area contributed by atoms with Gasteiger partial charge in [0.15, 0.2) is 0 Å². The Kier molecular flexibility index (Phi) is 5.36. The highest BCUT2D eigenvalue weighted by Gasteiger charge is 2.28. The van der Waals surface area contributed by atoms with Crippen LogP contribution in [-0.2, 0) is 6.54 Å². The van der Waals surface area contributed by atoms with Crippen molar-refractivity contribution in [3.05, 3.63) is 47.2 Å². The van der Waals surface area contributed by atoms with Crippen molar-refractivity contribution in [1.82, 2.24) is 24.8 Å². The van der Waals surface area contributed by atoms with E-state index < -0.39 is 0 Å². The largest absolute Gasteiger partial charge is 0.354 e. The van der Waals surface area contributed by atoms with Crippen LogP contribution in [0.15, 0.2) is 24.4 Å². The van der Waals surface area contributed by atoms with Gasteiger partial charge in [0.1, 0.15) is 11.6 Å². The molecule has 0 amide bonds. The molecule has 0 spiro atoms. The maximum absolute atomic E-state index is 4.74. The second-order valence-electron chi connectivity index (χ2n) is 7.94. The number of rotatable bonds is 4. The van der Waals surface area contributed by atoms with Gasteiger partial charge in [0.2, 0.25) is 0 Å². The summed E-state index contributed by atoms with van der Waals surface area (Å²) >= 11 is 0. The Balaban J connectivity index is 1.51. The predicted molar refractivity (Wildman–Crippen MR) is 108 cm³/mol. The summed E-state index contributed by atoms with van der Waals surface area (Å²) in [7, 11) is 2.18. The first kappa shape index (κ1) is 18.3. The van der Waals surface area contributed by atoms with Crippen LogP contribution >= 0.6 is 0 Å². The average Bonchev–Trinajstić information content (AvgIpc) is 3.10. The second kappa shape index (κ2) is 7.90. The van der Waals surface area contributed by atoms with Crippen molar-refractivity contribution < 1.29 is 0 Å². The molecule has 2 aromatic rings. The number of hydrogen-bond acceptors (Lipinski definition) is 6. The first-order chi connectivity index (χ1) is 13.1. The zero-order valence-corrected chi connectivity index (χ0v) is 16.7. The minimum atomic E-state index is 0.396. The molecule has 0 unspecified atom stereocenters. The standard InChI is InChI=1S/C21H30N6/c1-16-6-7-22-19(13-16)20-5-4-8-27(20)15-18-14-21(24-17(2)23-18)26-11-9-25(3)10-12-26/h6-7,13-14,20H,4-5,8-12,15H2,1-3H3/t20-/m0/s1. The number of anilines is 1. The third-order valence-corrected chi connectivity index (χ3v) is 5.71. The van der Waals surface area contributed by atoms with Crippen molar-refractivity contribution in [3.63, 3.8) is 0 Å². The summed E-state index contributed by atoms with van der Waals surface area (Å²) in [5, 5.41) is 0. The fraction of sp³-hybridized carbons (Fsp3) is 0.571. The van der Waals surface area contributed by atoms with Crippen LogP contribution in [0.4, 0.5) is 5.82 Å². The number of aromatic nitrogens is 3. The molecule has 0 radical (unpaired) electrons. The molecule has 2 fully saturated rings. The number of likely N-dealkylation sites (N-methyl/N-ethyl adjacent to an activating group) is 1. The highest BCUT2D eigenvalue weighted by atomic mass is 15.3. The lowest BCUT2D eigenvalue weighted by Crippen LogP contribution is -2.45. The normalized spacial score (nSPS) is 21.7. The number of likely N-dealkylation sites (tertiary alicyclic amines) is 1. The lowest BCUT2D eigenvalue weighted by atomic mass is 10.1. The van der Waals surface area contributed by atoms with Gasteiger partial charge in [0.25, 0.3) is 0 Å². The second-order valence-corrected chi connectivity index (χ2v) is 7.94. The van der Waals surface area contributed by atoms with Crippen LogP contribution in [0.5, 0.6) is 0 Å². The van der Waals surface area contributed by atoms with Gasteiger partial charge in [0.05, 0.1) is 17.4 Å². The van der Waals surface area contributed by atoms with Crippen LogP contribution in [0.3, 0.4) is 0 Å². The van der Waals surface area contributed by atoms with Gasteiger partial charge in [-0.3, -0.25) is 9.88 Å². The van der Waals surface area contributed by atoms with Crippen molar-refractivity contribution in [2.45, 2.75) is 39.3 Å². The summed E-state index contributed by atoms with van der Waals surface area (Å²) in [5.41, 5.74) is 3.59. The molecule has 4 heterocycles. The van der Waals surface area contributed by atoms with Crippen molar-refractivity contribution in [2.24, 2.45) is 0 Å². The fourth-order valence-electron chi connectivity index (χ4n) is 4.19. The maximum atomic E-state index is 4.74. The number of piperazine rings is 1. The molecule has 0 aromatic carbocycles. The fourth-order valence-corrected chi connectivity index (χ4v) is 4.19. The Labute approximate surface area is 162 Å². The van der Waals surface area contributed by atoms with E-state index in [-0.39, 0.29) is 0 Å². The lowest BCUT2D eigenvalue weighted by Gasteiger charge is -2.33. The number of pyridine rings is 1. The van der Waals surface area contributed by atoms with Crippen molar-refractivity contribution in [2.75, 3.05) is 44.7 Å². The van der Waals surface area contributed by atoms with E-state index in [4.69, 9.17) is 9.97 Å². The van der Waals surface area contributed by atoms with E-state index in [1.165, 1.54) is 24.1 Å². The van der Waals surface area contributed by atoms with Crippen LogP contribution in [0.2, 0.25) is 0 Å². The zero-order valence-electron chi connectivity index (χ0n) is 16.7. The quantitative estimate of drug-likeness (QED) is 0.829. The summed E-state index contributed by atoms with van der Waals surface area (Å²) in [6.45, 7) is 10.4. The summed E-state index contributed by atoms with van der Waals surface area (Å²) in [5.74, 6) is 1.95. The third-order valence-electron chi connectivity index (χ3n) is 5.71. The molecule has 2 aliphatic heterocycles. The Morgan fingerprint density at radius 2 is 1.85 bits per heavy atom. The minimum absolute atomic E-state index is 0.396. The lowest BCUT2D eigenvalue weighted by molar-refractivity contribution is 0.241. The molecule has 2 aliphatic rings. The Morgan fingerprint density at radius 3 is 2.63 bits per heavy atom. The Bertz CT molecular complexity index is 784. The van der Waals surface area contributed by atoms with Gasteiger partial charge in [-0.05, 0) is 58.0 Å². The molecule has 1 atom stereocenters. The SMILES string of the molecule is Cc1ccnc([C@@H]2CCCN2Cc2cc(N3CCN(C)CC3)nc(C)n2)c1. The summed E-state index contributed by atoms with van der Waals surface area (Å²) in [4.78, 5) is 21.4. The highest BCUT2D eigenvalue weighted by molar-refractivity contribution is 5.40. The first-order valence-corrected chi connectivity index (χ1v) is 10.0. The molecule has 0 saturated carbocycles. The summed E-state index contributed by atoms with van der Waals surface area (Å²) in [6.07, 6.45) is 4.32. The van der Waals surface area contributed by atoms with E-state index in [1.807, 2.05) is 13.1 Å². The van der Waals surface area contributed by atoms with Crippen molar-refractivity contribution in [1.29, 1.82) is 0 Å². The summed E-state index contributed by atoms with van der Waals surface area (Å²) in [6, 6.07) is 6.88. The molecule has 4 rings (SSSR count). The number of nitrogens with zero attached hydrogens (tertiary/aromatic N) is 6. The van der Waals surface area contributed by atoms with E-state index in [2.05, 4.69) is 51.9 Å². The molecule has 144 valence electrons. The molecule has 6 heteroatoms. The average molecular weight is 367 g/mol. The van der Waals surface area contributed by atoms with E-state index >= 15 is 0 Å². The van der Waals surface area contributed by atoms with E-state index in [0.717, 1.165) is 56.6 Å². The third kappa shape index (κ3) is 4.28.